The Labute approximate surface area is 93.7 Å². The van der Waals surface area contributed by atoms with Gasteiger partial charge in [0.15, 0.2) is 0 Å². The van der Waals surface area contributed by atoms with E-state index in [0.717, 1.165) is 10.7 Å². The molecular weight excluding hydrogens is 208 g/mol. The Bertz CT molecular complexity index is 357. The molecule has 15 heavy (non-hydrogen) atoms. The van der Waals surface area contributed by atoms with Gasteiger partial charge >= 0.3 is 0 Å². The van der Waals surface area contributed by atoms with Crippen molar-refractivity contribution >= 4 is 17.1 Å². The van der Waals surface area contributed by atoms with Gasteiger partial charge in [-0.15, -0.1) is 11.3 Å². The van der Waals surface area contributed by atoms with Crippen molar-refractivity contribution in [3.05, 3.63) is 16.1 Å². The van der Waals surface area contributed by atoms with E-state index in [-0.39, 0.29) is 11.8 Å². The van der Waals surface area contributed by atoms with Gasteiger partial charge < -0.3 is 5.73 Å². The molecular formula is C11H16N2OS. The van der Waals surface area contributed by atoms with Crippen molar-refractivity contribution in [3.63, 3.8) is 0 Å². The van der Waals surface area contributed by atoms with Crippen LogP contribution in [0.5, 0.6) is 0 Å². The lowest BCUT2D eigenvalue weighted by Gasteiger charge is -2.07. The zero-order valence-corrected chi connectivity index (χ0v) is 9.72. The Balaban J connectivity index is 1.81. The Morgan fingerprint density at radius 3 is 3.00 bits per heavy atom. The Kier molecular flexibility index (Phi) is 3.17. The maximum Gasteiger partial charge on any atom is 0.141 e. The van der Waals surface area contributed by atoms with E-state index in [1.54, 1.807) is 11.3 Å². The van der Waals surface area contributed by atoms with E-state index < -0.39 is 0 Å². The van der Waals surface area contributed by atoms with Crippen LogP contribution >= 0.6 is 11.3 Å². The molecule has 1 aromatic heterocycles. The van der Waals surface area contributed by atoms with E-state index in [2.05, 4.69) is 4.98 Å². The summed E-state index contributed by atoms with van der Waals surface area (Å²) < 4.78 is 0. The third-order valence-electron chi connectivity index (χ3n) is 2.71. The molecule has 2 rings (SSSR count). The number of carbonyl (C=O) groups is 1. The van der Waals surface area contributed by atoms with Gasteiger partial charge in [-0.05, 0) is 25.7 Å². The van der Waals surface area contributed by atoms with Gasteiger partial charge in [-0.1, -0.05) is 0 Å². The first kappa shape index (κ1) is 10.8. The number of ketones is 1. The first-order valence-electron chi connectivity index (χ1n) is 5.33. The van der Waals surface area contributed by atoms with Crippen molar-refractivity contribution in [3.8, 4) is 0 Å². The second-order valence-electron chi connectivity index (χ2n) is 4.30. The van der Waals surface area contributed by atoms with Crippen molar-refractivity contribution in [2.24, 2.45) is 11.7 Å². The van der Waals surface area contributed by atoms with Gasteiger partial charge in [0, 0.05) is 23.5 Å². The number of nitrogens with two attached hydrogens (primary N) is 1. The van der Waals surface area contributed by atoms with Gasteiger partial charge in [0.25, 0.3) is 0 Å². The van der Waals surface area contributed by atoms with Gasteiger partial charge in [-0.3, -0.25) is 4.79 Å². The van der Waals surface area contributed by atoms with Crippen LogP contribution in [0.2, 0.25) is 0 Å². The highest BCUT2D eigenvalue weighted by Gasteiger charge is 2.29. The molecule has 4 heteroatoms. The molecule has 82 valence electrons. The van der Waals surface area contributed by atoms with E-state index in [0.29, 0.717) is 18.8 Å². The van der Waals surface area contributed by atoms with Crippen LogP contribution in [-0.4, -0.2) is 16.8 Å². The third-order valence-corrected chi connectivity index (χ3v) is 3.67. The minimum Gasteiger partial charge on any atom is -0.327 e. The first-order chi connectivity index (χ1) is 7.15. The monoisotopic (exact) mass is 224 g/mol. The Morgan fingerprint density at radius 1 is 1.73 bits per heavy atom. The summed E-state index contributed by atoms with van der Waals surface area (Å²) >= 11 is 1.56. The minimum absolute atomic E-state index is 0.0820. The SMILES string of the molecule is Cc1csc(CC(=O)CC(N)C2CC2)n1. The normalized spacial score (nSPS) is 17.7. The predicted molar refractivity (Wildman–Crippen MR) is 60.9 cm³/mol. The number of hydrogen-bond acceptors (Lipinski definition) is 4. The van der Waals surface area contributed by atoms with Crippen molar-refractivity contribution < 1.29 is 4.79 Å². The van der Waals surface area contributed by atoms with Crippen molar-refractivity contribution in [1.82, 2.24) is 4.98 Å². The molecule has 0 aliphatic heterocycles. The lowest BCUT2D eigenvalue weighted by atomic mass is 10.1. The van der Waals surface area contributed by atoms with Crippen LogP contribution in [0.3, 0.4) is 0 Å². The summed E-state index contributed by atoms with van der Waals surface area (Å²) in [6.07, 6.45) is 3.37. The number of thiazole rings is 1. The number of nitrogens with zero attached hydrogens (tertiary/aromatic N) is 1. The Hall–Kier alpha value is -0.740. The highest BCUT2D eigenvalue weighted by atomic mass is 32.1. The van der Waals surface area contributed by atoms with Crippen LogP contribution in [0.15, 0.2) is 5.38 Å². The van der Waals surface area contributed by atoms with E-state index in [1.807, 2.05) is 12.3 Å². The number of aromatic nitrogens is 1. The molecule has 1 aromatic rings. The quantitative estimate of drug-likeness (QED) is 0.828. The van der Waals surface area contributed by atoms with E-state index in [9.17, 15) is 4.79 Å². The fourth-order valence-electron chi connectivity index (χ4n) is 1.68. The molecule has 0 saturated heterocycles. The molecule has 1 aliphatic carbocycles. The summed E-state index contributed by atoms with van der Waals surface area (Å²) in [7, 11) is 0. The van der Waals surface area contributed by atoms with Crippen LogP contribution < -0.4 is 5.73 Å². The van der Waals surface area contributed by atoms with E-state index >= 15 is 0 Å². The molecule has 1 fully saturated rings. The summed E-state index contributed by atoms with van der Waals surface area (Å²) in [5, 5.41) is 2.89. The lowest BCUT2D eigenvalue weighted by molar-refractivity contribution is -0.118. The maximum atomic E-state index is 11.7. The minimum atomic E-state index is 0.0820. The number of rotatable bonds is 5. The van der Waals surface area contributed by atoms with Crippen LogP contribution in [0.25, 0.3) is 0 Å². The first-order valence-corrected chi connectivity index (χ1v) is 6.21. The molecule has 0 amide bonds. The summed E-state index contributed by atoms with van der Waals surface area (Å²) in [6, 6.07) is 0.0820. The average molecular weight is 224 g/mol. The lowest BCUT2D eigenvalue weighted by Crippen LogP contribution is -2.26. The second kappa shape index (κ2) is 4.41. The molecule has 3 nitrogen and oxygen atoms in total. The molecule has 1 atom stereocenters. The number of carbonyl (C=O) groups excluding carboxylic acids is 1. The van der Waals surface area contributed by atoms with Crippen LogP contribution in [0, 0.1) is 12.8 Å². The molecule has 2 N–H and O–H groups in total. The van der Waals surface area contributed by atoms with Crippen LogP contribution in [-0.2, 0) is 11.2 Å². The van der Waals surface area contributed by atoms with E-state index in [1.165, 1.54) is 12.8 Å². The van der Waals surface area contributed by atoms with Gasteiger partial charge in [0.2, 0.25) is 0 Å². The number of hydrogen-bond donors (Lipinski definition) is 1. The fraction of sp³-hybridized carbons (Fsp3) is 0.636. The molecule has 1 unspecified atom stereocenters. The smallest absolute Gasteiger partial charge is 0.141 e. The van der Waals surface area contributed by atoms with Gasteiger partial charge in [-0.25, -0.2) is 4.98 Å². The highest BCUT2D eigenvalue weighted by Crippen LogP contribution is 2.33. The van der Waals surface area contributed by atoms with Gasteiger partial charge in [0.1, 0.15) is 10.8 Å². The predicted octanol–water partition coefficient (Wildman–Crippen LogP) is 1.69. The van der Waals surface area contributed by atoms with Crippen LogP contribution in [0.4, 0.5) is 0 Å². The largest absolute Gasteiger partial charge is 0.327 e. The van der Waals surface area contributed by atoms with Crippen molar-refractivity contribution in [2.75, 3.05) is 0 Å². The maximum absolute atomic E-state index is 11.7. The van der Waals surface area contributed by atoms with Crippen LogP contribution in [0.1, 0.15) is 30.0 Å². The van der Waals surface area contributed by atoms with Crippen molar-refractivity contribution in [1.29, 1.82) is 0 Å². The molecule has 0 bridgehead atoms. The molecule has 1 heterocycles. The van der Waals surface area contributed by atoms with E-state index in [4.69, 9.17) is 5.73 Å². The zero-order valence-electron chi connectivity index (χ0n) is 8.90. The van der Waals surface area contributed by atoms with Gasteiger partial charge in [-0.2, -0.15) is 0 Å². The Morgan fingerprint density at radius 2 is 2.47 bits per heavy atom. The molecule has 1 aliphatic rings. The summed E-state index contributed by atoms with van der Waals surface area (Å²) in [5.74, 6) is 0.829. The zero-order chi connectivity index (χ0) is 10.8. The third kappa shape index (κ3) is 3.11. The summed E-state index contributed by atoms with van der Waals surface area (Å²) in [4.78, 5) is 15.9. The fourth-order valence-corrected chi connectivity index (χ4v) is 2.48. The molecule has 0 aromatic carbocycles. The topological polar surface area (TPSA) is 56.0 Å². The summed E-state index contributed by atoms with van der Waals surface area (Å²) in [6.45, 7) is 1.94. The number of aryl methyl sites for hydroxylation is 1. The van der Waals surface area contributed by atoms with Crippen molar-refractivity contribution in [2.45, 2.75) is 38.6 Å². The molecule has 1 saturated carbocycles. The summed E-state index contributed by atoms with van der Waals surface area (Å²) in [5.41, 5.74) is 6.90. The molecule has 0 spiro atoms. The second-order valence-corrected chi connectivity index (χ2v) is 5.25. The van der Waals surface area contributed by atoms with Gasteiger partial charge in [0.05, 0.1) is 6.42 Å². The number of Topliss-reactive ketones (excluding diaryl/α,β-unsaturated/α-hetero) is 1. The highest BCUT2D eigenvalue weighted by molar-refractivity contribution is 7.09. The standard InChI is InChI=1S/C11H16N2OS/c1-7-6-15-11(13-7)5-9(14)4-10(12)8-2-3-8/h6,8,10H,2-5,12H2,1H3. The molecule has 0 radical (unpaired) electrons. The average Bonchev–Trinajstić information content (AvgIpc) is 2.92.